The van der Waals surface area contributed by atoms with E-state index in [9.17, 15) is 9.59 Å². The van der Waals surface area contributed by atoms with Crippen LogP contribution in [0.5, 0.6) is 0 Å². The molecule has 0 saturated heterocycles. The van der Waals surface area contributed by atoms with Crippen molar-refractivity contribution in [1.29, 1.82) is 0 Å². The number of carbonyl (C=O) groups excluding carboxylic acids is 2. The molecule has 0 aliphatic heterocycles. The van der Waals surface area contributed by atoms with Gasteiger partial charge in [-0.15, -0.1) is 11.3 Å². The first kappa shape index (κ1) is 22.3. The molecular weight excluding hydrogens is 416 g/mol. The molecular formula is C27H30N2O2S. The fourth-order valence-electron chi connectivity index (χ4n) is 4.20. The molecule has 2 unspecified atom stereocenters. The average molecular weight is 447 g/mol. The lowest BCUT2D eigenvalue weighted by Crippen LogP contribution is -2.43. The van der Waals surface area contributed by atoms with Gasteiger partial charge in [0.15, 0.2) is 0 Å². The molecule has 1 saturated carbocycles. The number of rotatable bonds is 10. The minimum atomic E-state index is -0.00313. The third-order valence-corrected chi connectivity index (χ3v) is 6.82. The van der Waals surface area contributed by atoms with Crippen LogP contribution in [0.4, 0.5) is 0 Å². The zero-order valence-corrected chi connectivity index (χ0v) is 19.3. The van der Waals surface area contributed by atoms with E-state index in [2.05, 4.69) is 25.1 Å². The van der Waals surface area contributed by atoms with Gasteiger partial charge in [-0.2, -0.15) is 0 Å². The minimum Gasteiger partial charge on any atom is -0.333 e. The first-order valence-corrected chi connectivity index (χ1v) is 12.2. The van der Waals surface area contributed by atoms with Crippen LogP contribution in [0.2, 0.25) is 0 Å². The molecule has 2 amide bonds. The zero-order valence-electron chi connectivity index (χ0n) is 18.5. The van der Waals surface area contributed by atoms with Gasteiger partial charge in [0.1, 0.15) is 0 Å². The quantitative estimate of drug-likeness (QED) is 0.423. The van der Waals surface area contributed by atoms with E-state index in [4.69, 9.17) is 0 Å². The Labute approximate surface area is 194 Å². The first-order chi connectivity index (χ1) is 15.7. The molecule has 1 aliphatic rings. The summed E-state index contributed by atoms with van der Waals surface area (Å²) in [4.78, 5) is 31.5. The number of benzene rings is 2. The Bertz CT molecular complexity index is 1000. The summed E-state index contributed by atoms with van der Waals surface area (Å²) in [5, 5.41) is 2.03. The maximum atomic E-state index is 13.4. The van der Waals surface area contributed by atoms with Crippen molar-refractivity contribution in [3.63, 3.8) is 0 Å². The van der Waals surface area contributed by atoms with Gasteiger partial charge in [0.2, 0.25) is 11.8 Å². The second-order valence-corrected chi connectivity index (χ2v) is 9.47. The Kier molecular flexibility index (Phi) is 7.38. The van der Waals surface area contributed by atoms with E-state index < -0.39 is 0 Å². The lowest BCUT2D eigenvalue weighted by molar-refractivity contribution is -0.142. The summed E-state index contributed by atoms with van der Waals surface area (Å²) in [5.74, 6) is 0.395. The highest BCUT2D eigenvalue weighted by Crippen LogP contribution is 2.48. The fraction of sp³-hybridized carbons (Fsp3) is 0.333. The van der Waals surface area contributed by atoms with Gasteiger partial charge in [0.05, 0.1) is 13.1 Å². The Hall–Kier alpha value is -2.92. The van der Waals surface area contributed by atoms with Crippen LogP contribution in [0.15, 0.2) is 78.2 Å². The van der Waals surface area contributed by atoms with Crippen molar-refractivity contribution in [2.45, 2.75) is 38.8 Å². The number of amides is 2. The van der Waals surface area contributed by atoms with Crippen molar-refractivity contribution in [3.05, 3.63) is 94.2 Å². The molecule has 2 atom stereocenters. The number of thiophene rings is 1. The second kappa shape index (κ2) is 10.6. The predicted molar refractivity (Wildman–Crippen MR) is 129 cm³/mol. The molecule has 32 heavy (non-hydrogen) atoms. The van der Waals surface area contributed by atoms with Crippen LogP contribution < -0.4 is 0 Å². The van der Waals surface area contributed by atoms with Crippen LogP contribution in [0, 0.1) is 5.92 Å². The molecule has 0 N–H and O–H groups in total. The Morgan fingerprint density at radius 3 is 2.28 bits per heavy atom. The van der Waals surface area contributed by atoms with Gasteiger partial charge in [0, 0.05) is 23.9 Å². The van der Waals surface area contributed by atoms with E-state index in [0.717, 1.165) is 23.3 Å². The van der Waals surface area contributed by atoms with E-state index in [0.29, 0.717) is 19.6 Å². The lowest BCUT2D eigenvalue weighted by atomic mass is 10.1. The van der Waals surface area contributed by atoms with E-state index in [-0.39, 0.29) is 30.2 Å². The Balaban J connectivity index is 1.45. The number of carbonyl (C=O) groups is 2. The highest BCUT2D eigenvalue weighted by Gasteiger charge is 2.45. The summed E-state index contributed by atoms with van der Waals surface area (Å²) in [5.41, 5.74) is 2.31. The maximum Gasteiger partial charge on any atom is 0.242 e. The van der Waals surface area contributed by atoms with Crippen LogP contribution in [0.1, 0.15) is 41.7 Å². The highest BCUT2D eigenvalue weighted by atomic mass is 32.1. The maximum absolute atomic E-state index is 13.4. The fourth-order valence-corrected chi connectivity index (χ4v) is 4.92. The van der Waals surface area contributed by atoms with Gasteiger partial charge in [-0.25, -0.2) is 0 Å². The van der Waals surface area contributed by atoms with Crippen LogP contribution >= 0.6 is 11.3 Å². The molecule has 2 aromatic carbocycles. The van der Waals surface area contributed by atoms with Crippen molar-refractivity contribution in [2.24, 2.45) is 5.92 Å². The molecule has 0 bridgehead atoms. The summed E-state index contributed by atoms with van der Waals surface area (Å²) >= 11 is 1.65. The topological polar surface area (TPSA) is 40.6 Å². The summed E-state index contributed by atoms with van der Waals surface area (Å²) in [6.45, 7) is 3.92. The van der Waals surface area contributed by atoms with Crippen LogP contribution in [-0.4, -0.2) is 34.7 Å². The zero-order chi connectivity index (χ0) is 22.3. The summed E-state index contributed by atoms with van der Waals surface area (Å²) < 4.78 is 0. The normalized spacial score (nSPS) is 17.0. The van der Waals surface area contributed by atoms with Gasteiger partial charge < -0.3 is 9.80 Å². The molecule has 4 rings (SSSR count). The van der Waals surface area contributed by atoms with Gasteiger partial charge >= 0.3 is 0 Å². The van der Waals surface area contributed by atoms with Gasteiger partial charge in [-0.3, -0.25) is 9.59 Å². The van der Waals surface area contributed by atoms with Crippen molar-refractivity contribution in [1.82, 2.24) is 9.80 Å². The summed E-state index contributed by atoms with van der Waals surface area (Å²) in [6, 6.07) is 24.3. The van der Waals surface area contributed by atoms with Crippen molar-refractivity contribution < 1.29 is 9.59 Å². The smallest absolute Gasteiger partial charge is 0.242 e. The van der Waals surface area contributed by atoms with E-state index in [1.165, 1.54) is 5.56 Å². The van der Waals surface area contributed by atoms with Crippen molar-refractivity contribution >= 4 is 23.2 Å². The van der Waals surface area contributed by atoms with E-state index in [1.807, 2.05) is 64.9 Å². The third kappa shape index (κ3) is 5.65. The molecule has 4 nitrogen and oxygen atoms in total. The van der Waals surface area contributed by atoms with Crippen LogP contribution in [0.3, 0.4) is 0 Å². The van der Waals surface area contributed by atoms with Crippen molar-refractivity contribution in [2.75, 3.05) is 13.1 Å². The molecule has 1 fully saturated rings. The molecule has 0 spiro atoms. The third-order valence-electron chi connectivity index (χ3n) is 5.96. The summed E-state index contributed by atoms with van der Waals surface area (Å²) in [7, 11) is 0. The SMILES string of the molecule is CCCN(CC(=O)N(Cc1ccccc1)Cc1cccs1)C(=O)C1CC1c1ccccc1. The molecule has 5 heteroatoms. The Morgan fingerprint density at radius 1 is 0.906 bits per heavy atom. The van der Waals surface area contributed by atoms with Gasteiger partial charge in [0.25, 0.3) is 0 Å². The molecule has 166 valence electrons. The van der Waals surface area contributed by atoms with Crippen LogP contribution in [-0.2, 0) is 22.7 Å². The molecule has 3 aromatic rings. The van der Waals surface area contributed by atoms with Gasteiger partial charge in [-0.05, 0) is 41.3 Å². The lowest BCUT2D eigenvalue weighted by Gasteiger charge is -2.28. The average Bonchev–Trinajstić information content (AvgIpc) is 3.46. The first-order valence-electron chi connectivity index (χ1n) is 11.3. The van der Waals surface area contributed by atoms with Crippen LogP contribution in [0.25, 0.3) is 0 Å². The minimum absolute atomic E-state index is 0.000893. The standard InChI is InChI=1S/C27H30N2O2S/c1-2-15-28(27(31)25-17-24(25)22-12-7-4-8-13-22)20-26(30)29(19-23-14-9-16-32-23)18-21-10-5-3-6-11-21/h3-14,16,24-25H,2,15,17-20H2,1H3. The highest BCUT2D eigenvalue weighted by molar-refractivity contribution is 7.09. The molecule has 1 heterocycles. The second-order valence-electron chi connectivity index (χ2n) is 8.43. The Morgan fingerprint density at radius 2 is 1.62 bits per heavy atom. The molecule has 1 aromatic heterocycles. The summed E-state index contributed by atoms with van der Waals surface area (Å²) in [6.07, 6.45) is 1.71. The van der Waals surface area contributed by atoms with Crippen molar-refractivity contribution in [3.8, 4) is 0 Å². The molecule has 0 radical (unpaired) electrons. The number of hydrogen-bond donors (Lipinski definition) is 0. The largest absolute Gasteiger partial charge is 0.333 e. The van der Waals surface area contributed by atoms with Gasteiger partial charge in [-0.1, -0.05) is 73.7 Å². The predicted octanol–water partition coefficient (Wildman–Crippen LogP) is 5.32. The number of hydrogen-bond acceptors (Lipinski definition) is 3. The van der Waals surface area contributed by atoms with E-state index in [1.54, 1.807) is 16.2 Å². The molecule has 1 aliphatic carbocycles. The van der Waals surface area contributed by atoms with E-state index >= 15 is 0 Å². The number of nitrogens with zero attached hydrogens (tertiary/aromatic N) is 2. The monoisotopic (exact) mass is 446 g/mol.